The molecular formula is C16H30N2O. The molecule has 0 bridgehead atoms. The Hall–Kier alpha value is -0.570. The van der Waals surface area contributed by atoms with Crippen molar-refractivity contribution in [2.24, 2.45) is 11.7 Å². The van der Waals surface area contributed by atoms with Crippen LogP contribution in [-0.2, 0) is 4.79 Å². The van der Waals surface area contributed by atoms with Crippen LogP contribution in [0, 0.1) is 5.92 Å². The summed E-state index contributed by atoms with van der Waals surface area (Å²) in [6, 6.07) is 0.736. The first-order valence-electron chi connectivity index (χ1n) is 8.27. The average Bonchev–Trinajstić information content (AvgIpc) is 2.66. The first-order chi connectivity index (χ1) is 9.22. The fourth-order valence-electron chi connectivity index (χ4n) is 3.76. The van der Waals surface area contributed by atoms with Crippen molar-refractivity contribution in [1.82, 2.24) is 4.90 Å². The van der Waals surface area contributed by atoms with E-state index < -0.39 is 0 Å². The lowest BCUT2D eigenvalue weighted by atomic mass is 9.82. The summed E-state index contributed by atoms with van der Waals surface area (Å²) in [6.45, 7) is 3.18. The Morgan fingerprint density at radius 1 is 1.11 bits per heavy atom. The monoisotopic (exact) mass is 266 g/mol. The van der Waals surface area contributed by atoms with Gasteiger partial charge in [0.25, 0.3) is 0 Å². The van der Waals surface area contributed by atoms with Crippen LogP contribution in [0.5, 0.6) is 0 Å². The Balaban J connectivity index is 1.92. The molecule has 2 fully saturated rings. The molecule has 1 saturated carbocycles. The van der Waals surface area contributed by atoms with Gasteiger partial charge in [-0.05, 0) is 38.0 Å². The second-order valence-corrected chi connectivity index (χ2v) is 6.41. The van der Waals surface area contributed by atoms with E-state index in [1.54, 1.807) is 0 Å². The first-order valence-corrected chi connectivity index (χ1v) is 8.27. The summed E-state index contributed by atoms with van der Waals surface area (Å²) in [6.07, 6.45) is 11.5. The molecule has 0 aromatic rings. The lowest BCUT2D eigenvalue weighted by Crippen LogP contribution is -2.43. The molecule has 1 amide bonds. The maximum Gasteiger partial charge on any atom is 0.223 e. The number of hydrogen-bond donors (Lipinski definition) is 1. The summed E-state index contributed by atoms with van der Waals surface area (Å²) in [7, 11) is 0. The predicted molar refractivity (Wildman–Crippen MR) is 78.8 cm³/mol. The molecule has 3 nitrogen and oxygen atoms in total. The van der Waals surface area contributed by atoms with E-state index in [1.807, 2.05) is 0 Å². The molecule has 0 aromatic carbocycles. The van der Waals surface area contributed by atoms with Gasteiger partial charge in [-0.1, -0.05) is 32.6 Å². The van der Waals surface area contributed by atoms with Gasteiger partial charge < -0.3 is 10.6 Å². The van der Waals surface area contributed by atoms with Crippen molar-refractivity contribution in [2.45, 2.75) is 83.2 Å². The topological polar surface area (TPSA) is 46.3 Å². The molecular weight excluding hydrogens is 236 g/mol. The van der Waals surface area contributed by atoms with Crippen LogP contribution in [0.2, 0.25) is 0 Å². The number of nitrogens with zero attached hydrogens (tertiary/aromatic N) is 1. The number of amides is 1. The minimum absolute atomic E-state index is 0.254. The number of likely N-dealkylation sites (tertiary alicyclic amines) is 1. The van der Waals surface area contributed by atoms with E-state index in [0.717, 1.165) is 25.8 Å². The Morgan fingerprint density at radius 2 is 1.84 bits per heavy atom. The summed E-state index contributed by atoms with van der Waals surface area (Å²) in [5.41, 5.74) is 6.18. The number of nitrogens with two attached hydrogens (primary N) is 1. The molecule has 1 aliphatic heterocycles. The van der Waals surface area contributed by atoms with Crippen molar-refractivity contribution in [3.63, 3.8) is 0 Å². The number of hydrogen-bond acceptors (Lipinski definition) is 2. The molecule has 1 aliphatic carbocycles. The third-order valence-corrected chi connectivity index (χ3v) is 5.07. The number of carbonyl (C=O) groups is 1. The van der Waals surface area contributed by atoms with E-state index in [9.17, 15) is 4.79 Å². The highest BCUT2D eigenvalue weighted by Gasteiger charge is 2.29. The van der Waals surface area contributed by atoms with E-state index in [2.05, 4.69) is 11.8 Å². The second kappa shape index (κ2) is 7.28. The fourth-order valence-corrected chi connectivity index (χ4v) is 3.76. The number of rotatable bonds is 3. The molecule has 3 unspecified atom stereocenters. The molecule has 110 valence electrons. The van der Waals surface area contributed by atoms with Gasteiger partial charge in [0.05, 0.1) is 0 Å². The molecule has 2 rings (SSSR count). The summed E-state index contributed by atoms with van der Waals surface area (Å²) in [5, 5.41) is 0. The van der Waals surface area contributed by atoms with Gasteiger partial charge in [-0.3, -0.25) is 4.79 Å². The quantitative estimate of drug-likeness (QED) is 0.853. The molecule has 0 radical (unpaired) electrons. The van der Waals surface area contributed by atoms with E-state index >= 15 is 0 Å². The van der Waals surface area contributed by atoms with Crippen molar-refractivity contribution in [3.8, 4) is 0 Å². The van der Waals surface area contributed by atoms with Crippen molar-refractivity contribution in [3.05, 3.63) is 0 Å². The Bertz CT molecular complexity index is 292. The summed E-state index contributed by atoms with van der Waals surface area (Å²) >= 11 is 0. The van der Waals surface area contributed by atoms with Crippen molar-refractivity contribution >= 4 is 5.91 Å². The van der Waals surface area contributed by atoms with Gasteiger partial charge in [0.2, 0.25) is 5.91 Å². The third-order valence-electron chi connectivity index (χ3n) is 5.07. The van der Waals surface area contributed by atoms with Crippen LogP contribution >= 0.6 is 0 Å². The van der Waals surface area contributed by atoms with Crippen LogP contribution in [0.3, 0.4) is 0 Å². The van der Waals surface area contributed by atoms with Crippen LogP contribution in [0.25, 0.3) is 0 Å². The zero-order chi connectivity index (χ0) is 13.7. The Kier molecular flexibility index (Phi) is 5.68. The summed E-state index contributed by atoms with van der Waals surface area (Å²) in [5.74, 6) is 0.804. The van der Waals surface area contributed by atoms with Crippen LogP contribution < -0.4 is 5.73 Å². The van der Waals surface area contributed by atoms with Crippen LogP contribution in [0.15, 0.2) is 0 Å². The first kappa shape index (κ1) is 14.8. The average molecular weight is 266 g/mol. The van der Waals surface area contributed by atoms with Gasteiger partial charge in [0, 0.05) is 25.0 Å². The Labute approximate surface area is 117 Å². The largest absolute Gasteiger partial charge is 0.340 e. The summed E-state index contributed by atoms with van der Waals surface area (Å²) < 4.78 is 0. The highest BCUT2D eigenvalue weighted by molar-refractivity contribution is 5.77. The molecule has 3 atom stereocenters. The maximum atomic E-state index is 12.6. The zero-order valence-electron chi connectivity index (χ0n) is 12.4. The van der Waals surface area contributed by atoms with Gasteiger partial charge in [-0.2, -0.15) is 0 Å². The SMILES string of the molecule is CCC1CCCCCN1C(=O)CC1CCCCC1N. The van der Waals surface area contributed by atoms with Crippen LogP contribution in [0.1, 0.15) is 71.1 Å². The second-order valence-electron chi connectivity index (χ2n) is 6.41. The minimum Gasteiger partial charge on any atom is -0.340 e. The number of carbonyl (C=O) groups excluding carboxylic acids is 1. The lowest BCUT2D eigenvalue weighted by molar-refractivity contribution is -0.135. The van der Waals surface area contributed by atoms with E-state index in [4.69, 9.17) is 5.73 Å². The highest BCUT2D eigenvalue weighted by atomic mass is 16.2. The Morgan fingerprint density at radius 3 is 2.58 bits per heavy atom. The van der Waals surface area contributed by atoms with Crippen molar-refractivity contribution in [2.75, 3.05) is 6.54 Å². The van der Waals surface area contributed by atoms with Crippen molar-refractivity contribution in [1.29, 1.82) is 0 Å². The van der Waals surface area contributed by atoms with Gasteiger partial charge >= 0.3 is 0 Å². The molecule has 0 spiro atoms. The van der Waals surface area contributed by atoms with E-state index in [0.29, 0.717) is 24.3 Å². The third kappa shape index (κ3) is 3.95. The standard InChI is InChI=1S/C16H30N2O/c1-2-14-9-4-3-7-11-18(14)16(19)12-13-8-5-6-10-15(13)17/h13-15H,2-12,17H2,1H3. The lowest BCUT2D eigenvalue weighted by Gasteiger charge is -2.33. The van der Waals surface area contributed by atoms with E-state index in [-0.39, 0.29) is 6.04 Å². The van der Waals surface area contributed by atoms with Gasteiger partial charge in [-0.25, -0.2) is 0 Å². The molecule has 1 saturated heterocycles. The normalized spacial score (nSPS) is 32.9. The smallest absolute Gasteiger partial charge is 0.223 e. The van der Waals surface area contributed by atoms with Crippen molar-refractivity contribution < 1.29 is 4.79 Å². The van der Waals surface area contributed by atoms with Gasteiger partial charge in [-0.15, -0.1) is 0 Å². The highest BCUT2D eigenvalue weighted by Crippen LogP contribution is 2.28. The molecule has 2 aliphatic rings. The molecule has 1 heterocycles. The molecule has 0 aromatic heterocycles. The maximum absolute atomic E-state index is 12.6. The summed E-state index contributed by atoms with van der Waals surface area (Å²) in [4.78, 5) is 14.8. The van der Waals surface area contributed by atoms with Crippen LogP contribution in [-0.4, -0.2) is 29.4 Å². The van der Waals surface area contributed by atoms with Gasteiger partial charge in [0.1, 0.15) is 0 Å². The predicted octanol–water partition coefficient (Wildman–Crippen LogP) is 3.08. The zero-order valence-corrected chi connectivity index (χ0v) is 12.4. The minimum atomic E-state index is 0.254. The van der Waals surface area contributed by atoms with Crippen LogP contribution in [0.4, 0.5) is 0 Å². The van der Waals surface area contributed by atoms with E-state index in [1.165, 1.54) is 38.5 Å². The molecule has 2 N–H and O–H groups in total. The fraction of sp³-hybridized carbons (Fsp3) is 0.938. The molecule has 19 heavy (non-hydrogen) atoms. The molecule has 3 heteroatoms. The van der Waals surface area contributed by atoms with Gasteiger partial charge in [0.15, 0.2) is 0 Å².